The smallest absolute Gasteiger partial charge is 0.128 e. The maximum atomic E-state index is 13.3. The van der Waals surface area contributed by atoms with Gasteiger partial charge in [-0.15, -0.1) is 0 Å². The summed E-state index contributed by atoms with van der Waals surface area (Å²) in [4.78, 5) is 2.27. The lowest BCUT2D eigenvalue weighted by Crippen LogP contribution is -2.34. The second-order valence-electron chi connectivity index (χ2n) is 5.01. The summed E-state index contributed by atoms with van der Waals surface area (Å²) in [6, 6.07) is 5.05. The summed E-state index contributed by atoms with van der Waals surface area (Å²) in [5.41, 5.74) is 1.36. The third-order valence-corrected chi connectivity index (χ3v) is 3.38. The third-order valence-electron chi connectivity index (χ3n) is 3.38. The Bertz CT molecular complexity index is 391. The summed E-state index contributed by atoms with van der Waals surface area (Å²) < 4.78 is 13.3. The maximum absolute atomic E-state index is 13.3. The minimum atomic E-state index is -0.410. The molecule has 18 heavy (non-hydrogen) atoms. The van der Waals surface area contributed by atoms with Crippen molar-refractivity contribution in [2.75, 3.05) is 31.5 Å². The van der Waals surface area contributed by atoms with Crippen LogP contribution in [0.15, 0.2) is 18.2 Å². The molecule has 0 aromatic heterocycles. The SMILES string of the molecule is Cc1ccc(NCC(O)CN2CCCC2)cc1F. The Balaban J connectivity index is 1.77. The fraction of sp³-hybridized carbons (Fsp3) is 0.571. The van der Waals surface area contributed by atoms with Crippen molar-refractivity contribution in [2.24, 2.45) is 0 Å². The topological polar surface area (TPSA) is 35.5 Å². The lowest BCUT2D eigenvalue weighted by molar-refractivity contribution is 0.135. The van der Waals surface area contributed by atoms with Crippen LogP contribution in [0.3, 0.4) is 0 Å². The van der Waals surface area contributed by atoms with Crippen LogP contribution in [0.5, 0.6) is 0 Å². The highest BCUT2D eigenvalue weighted by atomic mass is 19.1. The van der Waals surface area contributed by atoms with Gasteiger partial charge in [-0.05, 0) is 50.6 Å². The number of likely N-dealkylation sites (tertiary alicyclic amines) is 1. The summed E-state index contributed by atoms with van der Waals surface area (Å²) in [6.07, 6.45) is 2.04. The minimum Gasteiger partial charge on any atom is -0.390 e. The van der Waals surface area contributed by atoms with Crippen molar-refractivity contribution in [3.63, 3.8) is 0 Å². The van der Waals surface area contributed by atoms with Gasteiger partial charge in [0, 0.05) is 18.8 Å². The molecule has 1 saturated heterocycles. The van der Waals surface area contributed by atoms with Crippen LogP contribution >= 0.6 is 0 Å². The second kappa shape index (κ2) is 6.16. The van der Waals surface area contributed by atoms with Crippen molar-refractivity contribution in [3.05, 3.63) is 29.6 Å². The molecule has 0 aliphatic carbocycles. The Labute approximate surface area is 108 Å². The monoisotopic (exact) mass is 252 g/mol. The minimum absolute atomic E-state index is 0.214. The number of benzene rings is 1. The second-order valence-corrected chi connectivity index (χ2v) is 5.01. The van der Waals surface area contributed by atoms with E-state index in [0.29, 0.717) is 18.7 Å². The van der Waals surface area contributed by atoms with Gasteiger partial charge < -0.3 is 15.3 Å². The molecule has 1 aliphatic heterocycles. The first kappa shape index (κ1) is 13.3. The molecule has 100 valence electrons. The molecular formula is C14H21FN2O. The largest absolute Gasteiger partial charge is 0.390 e. The molecular weight excluding hydrogens is 231 g/mol. The predicted molar refractivity (Wildman–Crippen MR) is 71.3 cm³/mol. The van der Waals surface area contributed by atoms with Crippen molar-refractivity contribution in [1.29, 1.82) is 0 Å². The fourth-order valence-corrected chi connectivity index (χ4v) is 2.27. The number of aryl methyl sites for hydroxylation is 1. The fourth-order valence-electron chi connectivity index (χ4n) is 2.27. The highest BCUT2D eigenvalue weighted by Gasteiger charge is 2.15. The summed E-state index contributed by atoms with van der Waals surface area (Å²) in [5, 5.41) is 13.0. The van der Waals surface area contributed by atoms with E-state index in [1.54, 1.807) is 13.0 Å². The number of aliphatic hydroxyl groups excluding tert-OH is 1. The van der Waals surface area contributed by atoms with Crippen molar-refractivity contribution in [3.8, 4) is 0 Å². The number of anilines is 1. The number of hydrogen-bond donors (Lipinski definition) is 2. The number of halogens is 1. The predicted octanol–water partition coefficient (Wildman–Crippen LogP) is 2.00. The normalized spacial score (nSPS) is 17.9. The number of nitrogens with one attached hydrogen (secondary N) is 1. The molecule has 1 aromatic carbocycles. The molecule has 3 nitrogen and oxygen atoms in total. The molecule has 1 atom stereocenters. The zero-order valence-corrected chi connectivity index (χ0v) is 10.8. The van der Waals surface area contributed by atoms with Gasteiger partial charge in [0.15, 0.2) is 0 Å². The van der Waals surface area contributed by atoms with E-state index in [1.165, 1.54) is 18.9 Å². The number of aliphatic hydroxyl groups is 1. The van der Waals surface area contributed by atoms with E-state index in [2.05, 4.69) is 10.2 Å². The van der Waals surface area contributed by atoms with Crippen LogP contribution in [0, 0.1) is 12.7 Å². The van der Waals surface area contributed by atoms with Gasteiger partial charge in [0.2, 0.25) is 0 Å². The van der Waals surface area contributed by atoms with Gasteiger partial charge in [0.05, 0.1) is 6.10 Å². The van der Waals surface area contributed by atoms with E-state index in [1.807, 2.05) is 6.07 Å². The van der Waals surface area contributed by atoms with Crippen molar-refractivity contribution < 1.29 is 9.50 Å². The summed E-state index contributed by atoms with van der Waals surface area (Å²) in [6.45, 7) is 5.05. The van der Waals surface area contributed by atoms with Crippen LogP contribution in [-0.4, -0.2) is 42.3 Å². The van der Waals surface area contributed by atoms with Crippen LogP contribution in [0.1, 0.15) is 18.4 Å². The Morgan fingerprint density at radius 1 is 1.39 bits per heavy atom. The first-order valence-electron chi connectivity index (χ1n) is 6.55. The first-order chi connectivity index (χ1) is 8.65. The highest BCUT2D eigenvalue weighted by Crippen LogP contribution is 2.14. The van der Waals surface area contributed by atoms with Crippen molar-refractivity contribution in [2.45, 2.75) is 25.9 Å². The highest BCUT2D eigenvalue weighted by molar-refractivity contribution is 5.45. The molecule has 1 unspecified atom stereocenters. The molecule has 0 saturated carbocycles. The molecule has 2 rings (SSSR count). The Kier molecular flexibility index (Phi) is 4.55. The molecule has 4 heteroatoms. The zero-order chi connectivity index (χ0) is 13.0. The number of hydrogen-bond acceptors (Lipinski definition) is 3. The standard InChI is InChI=1S/C14H21FN2O/c1-11-4-5-12(8-14(11)15)16-9-13(18)10-17-6-2-3-7-17/h4-5,8,13,16,18H,2-3,6-7,9-10H2,1H3. The van der Waals surface area contributed by atoms with Crippen LogP contribution in [0.2, 0.25) is 0 Å². The lowest BCUT2D eigenvalue weighted by atomic mass is 10.2. The van der Waals surface area contributed by atoms with Gasteiger partial charge >= 0.3 is 0 Å². The van der Waals surface area contributed by atoms with Crippen LogP contribution in [0.25, 0.3) is 0 Å². The molecule has 0 bridgehead atoms. The maximum Gasteiger partial charge on any atom is 0.128 e. The number of nitrogens with zero attached hydrogens (tertiary/aromatic N) is 1. The zero-order valence-electron chi connectivity index (χ0n) is 10.8. The van der Waals surface area contributed by atoms with Gasteiger partial charge in [-0.3, -0.25) is 0 Å². The molecule has 0 amide bonds. The Hall–Kier alpha value is -1.13. The van der Waals surface area contributed by atoms with E-state index in [9.17, 15) is 9.50 Å². The molecule has 1 aliphatic rings. The van der Waals surface area contributed by atoms with Crippen molar-refractivity contribution in [1.82, 2.24) is 4.90 Å². The van der Waals surface area contributed by atoms with Gasteiger partial charge in [-0.1, -0.05) is 6.07 Å². The molecule has 0 radical (unpaired) electrons. The van der Waals surface area contributed by atoms with E-state index in [-0.39, 0.29) is 5.82 Å². The van der Waals surface area contributed by atoms with Gasteiger partial charge in [-0.25, -0.2) is 4.39 Å². The van der Waals surface area contributed by atoms with Crippen LogP contribution in [0.4, 0.5) is 10.1 Å². The van der Waals surface area contributed by atoms with E-state index in [4.69, 9.17) is 0 Å². The summed E-state index contributed by atoms with van der Waals surface area (Å²) in [5.74, 6) is -0.214. The quantitative estimate of drug-likeness (QED) is 0.841. The summed E-state index contributed by atoms with van der Waals surface area (Å²) >= 11 is 0. The Morgan fingerprint density at radius 2 is 2.11 bits per heavy atom. The number of β-amino-alcohol motifs (C(OH)–C–C–N with tert-alkyl or cyclic N) is 1. The lowest BCUT2D eigenvalue weighted by Gasteiger charge is -2.20. The van der Waals surface area contributed by atoms with E-state index in [0.717, 1.165) is 18.8 Å². The average molecular weight is 252 g/mol. The molecule has 1 aromatic rings. The third kappa shape index (κ3) is 3.68. The van der Waals surface area contributed by atoms with Crippen LogP contribution in [-0.2, 0) is 0 Å². The van der Waals surface area contributed by atoms with Gasteiger partial charge in [0.25, 0.3) is 0 Å². The molecule has 2 N–H and O–H groups in total. The molecule has 1 heterocycles. The van der Waals surface area contributed by atoms with Crippen molar-refractivity contribution >= 4 is 5.69 Å². The Morgan fingerprint density at radius 3 is 2.78 bits per heavy atom. The number of rotatable bonds is 5. The average Bonchev–Trinajstić information content (AvgIpc) is 2.83. The first-order valence-corrected chi connectivity index (χ1v) is 6.55. The molecule has 1 fully saturated rings. The van der Waals surface area contributed by atoms with Gasteiger partial charge in [0.1, 0.15) is 5.82 Å². The van der Waals surface area contributed by atoms with Gasteiger partial charge in [-0.2, -0.15) is 0 Å². The summed E-state index contributed by atoms with van der Waals surface area (Å²) in [7, 11) is 0. The molecule has 0 spiro atoms. The van der Waals surface area contributed by atoms with E-state index >= 15 is 0 Å². The van der Waals surface area contributed by atoms with Crippen LogP contribution < -0.4 is 5.32 Å². The van der Waals surface area contributed by atoms with E-state index < -0.39 is 6.10 Å².